The maximum Gasteiger partial charge on any atom is 0.267 e. The molecule has 0 spiro atoms. The van der Waals surface area contributed by atoms with Crippen LogP contribution in [0.4, 0.5) is 11.4 Å². The fraction of sp³-hybridized carbons (Fsp3) is 0.320. The number of carbonyl (C=O) groups excluding carboxylic acids is 2. The summed E-state index contributed by atoms with van der Waals surface area (Å²) in [5.74, 6) is -0.204. The Morgan fingerprint density at radius 3 is 2.50 bits per heavy atom. The average Bonchev–Trinajstić information content (AvgIpc) is 3.26. The third kappa shape index (κ3) is 3.71. The molecular formula is C25H24BrN3O2S. The molecule has 5 nitrogen and oxygen atoms in total. The molecule has 2 heterocycles. The van der Waals surface area contributed by atoms with Crippen LogP contribution in [-0.4, -0.2) is 34.5 Å². The minimum absolute atomic E-state index is 0.0937. The third-order valence-corrected chi connectivity index (χ3v) is 7.80. The first kappa shape index (κ1) is 21.5. The van der Waals surface area contributed by atoms with Crippen LogP contribution in [0.25, 0.3) is 5.57 Å². The van der Waals surface area contributed by atoms with E-state index in [1.807, 2.05) is 60.4 Å². The second kappa shape index (κ2) is 8.87. The van der Waals surface area contributed by atoms with Crippen molar-refractivity contribution in [1.82, 2.24) is 4.90 Å². The predicted octanol–water partition coefficient (Wildman–Crippen LogP) is 6.12. The van der Waals surface area contributed by atoms with E-state index in [1.54, 1.807) is 4.90 Å². The van der Waals surface area contributed by atoms with Crippen LogP contribution < -0.4 is 4.90 Å². The number of fused-ring (bicyclic) bond motifs is 1. The van der Waals surface area contributed by atoms with Crippen molar-refractivity contribution in [1.29, 1.82) is 0 Å². The lowest BCUT2D eigenvalue weighted by atomic mass is 9.94. The topological polar surface area (TPSA) is 53.0 Å². The van der Waals surface area contributed by atoms with E-state index in [9.17, 15) is 9.59 Å². The molecule has 0 radical (unpaired) electrons. The molecule has 164 valence electrons. The highest BCUT2D eigenvalue weighted by atomic mass is 79.9. The largest absolute Gasteiger partial charge is 0.308 e. The number of hydrogen-bond donors (Lipinski definition) is 0. The van der Waals surface area contributed by atoms with Gasteiger partial charge < -0.3 is 4.90 Å². The summed E-state index contributed by atoms with van der Waals surface area (Å²) in [6.45, 7) is 2.51. The summed E-state index contributed by atoms with van der Waals surface area (Å²) in [5, 5.41) is 0.676. The van der Waals surface area contributed by atoms with Gasteiger partial charge in [0.25, 0.3) is 11.8 Å². The first-order valence-corrected chi connectivity index (χ1v) is 12.7. The smallest absolute Gasteiger partial charge is 0.267 e. The molecule has 0 bridgehead atoms. The van der Waals surface area contributed by atoms with E-state index in [0.717, 1.165) is 47.1 Å². The molecule has 2 aromatic carbocycles. The maximum atomic E-state index is 13.8. The number of aliphatic imine (C=N–C) groups is 1. The fourth-order valence-electron chi connectivity index (χ4n) is 4.73. The molecule has 0 atom stereocenters. The van der Waals surface area contributed by atoms with Gasteiger partial charge in [0, 0.05) is 22.6 Å². The molecule has 2 amide bonds. The molecule has 1 saturated heterocycles. The molecule has 3 aliphatic rings. The first-order chi connectivity index (χ1) is 15.6. The van der Waals surface area contributed by atoms with Crippen LogP contribution in [0.3, 0.4) is 0 Å². The summed E-state index contributed by atoms with van der Waals surface area (Å²) >= 11 is 4.87. The Morgan fingerprint density at radius 2 is 1.78 bits per heavy atom. The number of halogens is 1. The van der Waals surface area contributed by atoms with Gasteiger partial charge in [0.2, 0.25) is 0 Å². The van der Waals surface area contributed by atoms with Gasteiger partial charge in [-0.1, -0.05) is 53.4 Å². The van der Waals surface area contributed by atoms with Crippen molar-refractivity contribution in [2.75, 3.05) is 11.4 Å². The monoisotopic (exact) mass is 509 g/mol. The number of anilines is 1. The zero-order valence-corrected chi connectivity index (χ0v) is 20.3. The third-order valence-electron chi connectivity index (χ3n) is 6.25. The summed E-state index contributed by atoms with van der Waals surface area (Å²) in [7, 11) is 0. The van der Waals surface area contributed by atoms with Crippen molar-refractivity contribution in [2.24, 2.45) is 4.99 Å². The van der Waals surface area contributed by atoms with Crippen molar-refractivity contribution >= 4 is 61.6 Å². The highest BCUT2D eigenvalue weighted by Gasteiger charge is 2.44. The van der Waals surface area contributed by atoms with Crippen molar-refractivity contribution in [3.05, 3.63) is 63.5 Å². The molecule has 2 aromatic rings. The number of amidine groups is 1. The Kier molecular flexibility index (Phi) is 5.95. The van der Waals surface area contributed by atoms with Crippen LogP contribution in [-0.2, 0) is 9.59 Å². The van der Waals surface area contributed by atoms with Gasteiger partial charge in [0.1, 0.15) is 0 Å². The van der Waals surface area contributed by atoms with Crippen molar-refractivity contribution in [2.45, 2.75) is 45.1 Å². The van der Waals surface area contributed by atoms with Gasteiger partial charge in [-0.25, -0.2) is 4.99 Å². The van der Waals surface area contributed by atoms with E-state index in [0.29, 0.717) is 22.2 Å². The summed E-state index contributed by atoms with van der Waals surface area (Å²) in [5.41, 5.74) is 2.98. The second-order valence-corrected chi connectivity index (χ2v) is 10.1. The molecule has 0 N–H and O–H groups in total. The van der Waals surface area contributed by atoms with Crippen LogP contribution in [0.5, 0.6) is 0 Å². The molecule has 0 aromatic heterocycles. The highest BCUT2D eigenvalue weighted by molar-refractivity contribution is 9.10. The Labute approximate surface area is 200 Å². The number of carbonyl (C=O) groups is 2. The molecule has 32 heavy (non-hydrogen) atoms. The van der Waals surface area contributed by atoms with Gasteiger partial charge in [-0.2, -0.15) is 0 Å². The maximum absolute atomic E-state index is 13.8. The lowest BCUT2D eigenvalue weighted by Crippen LogP contribution is -2.40. The van der Waals surface area contributed by atoms with Gasteiger partial charge in [-0.05, 0) is 61.9 Å². The number of nitrogens with zero attached hydrogens (tertiary/aromatic N) is 3. The van der Waals surface area contributed by atoms with E-state index in [4.69, 9.17) is 4.99 Å². The molecule has 1 saturated carbocycles. The second-order valence-electron chi connectivity index (χ2n) is 8.21. The molecule has 1 aliphatic carbocycles. The van der Waals surface area contributed by atoms with Crippen LogP contribution in [0.15, 0.2) is 62.9 Å². The fourth-order valence-corrected chi connectivity index (χ4v) is 6.24. The lowest BCUT2D eigenvalue weighted by molar-refractivity contribution is -0.124. The Bertz CT molecular complexity index is 1140. The predicted molar refractivity (Wildman–Crippen MR) is 134 cm³/mol. The van der Waals surface area contributed by atoms with Crippen molar-refractivity contribution in [3.63, 3.8) is 0 Å². The van der Waals surface area contributed by atoms with Gasteiger partial charge in [0.05, 0.1) is 21.9 Å². The molecule has 2 fully saturated rings. The zero-order chi connectivity index (χ0) is 22.2. The van der Waals surface area contributed by atoms with Gasteiger partial charge >= 0.3 is 0 Å². The van der Waals surface area contributed by atoms with Crippen LogP contribution in [0.1, 0.15) is 44.6 Å². The number of para-hydroxylation sites is 1. The molecule has 2 aliphatic heterocycles. The minimum atomic E-state index is -0.110. The quantitative estimate of drug-likeness (QED) is 0.468. The molecular weight excluding hydrogens is 486 g/mol. The number of amides is 2. The van der Waals surface area contributed by atoms with E-state index in [1.165, 1.54) is 18.2 Å². The van der Waals surface area contributed by atoms with Crippen molar-refractivity contribution < 1.29 is 9.59 Å². The molecule has 0 unspecified atom stereocenters. The molecule has 7 heteroatoms. The number of likely N-dealkylation sites (N-methyl/N-ethyl adjacent to an activating group) is 1. The number of rotatable bonds is 3. The van der Waals surface area contributed by atoms with E-state index < -0.39 is 0 Å². The summed E-state index contributed by atoms with van der Waals surface area (Å²) in [6.07, 6.45) is 5.37. The highest BCUT2D eigenvalue weighted by Crippen LogP contribution is 2.46. The number of hydrogen-bond acceptors (Lipinski definition) is 4. The summed E-state index contributed by atoms with van der Waals surface area (Å²) in [4.78, 5) is 36.2. The Hall–Kier alpha value is -2.38. The van der Waals surface area contributed by atoms with Crippen molar-refractivity contribution in [3.8, 4) is 0 Å². The van der Waals surface area contributed by atoms with E-state index >= 15 is 0 Å². The first-order valence-electron chi connectivity index (χ1n) is 11.1. The van der Waals surface area contributed by atoms with Crippen LogP contribution in [0, 0.1) is 0 Å². The van der Waals surface area contributed by atoms with Gasteiger partial charge in [-0.3, -0.25) is 14.5 Å². The average molecular weight is 510 g/mol. The Morgan fingerprint density at radius 1 is 1.03 bits per heavy atom. The number of thioether (sulfide) groups is 1. The van der Waals surface area contributed by atoms with Crippen LogP contribution >= 0.6 is 27.7 Å². The van der Waals surface area contributed by atoms with Gasteiger partial charge in [-0.15, -0.1) is 0 Å². The Balaban J connectivity index is 1.65. The number of benzene rings is 2. The lowest BCUT2D eigenvalue weighted by Gasteiger charge is -2.30. The standard InChI is InChI=1S/C25H24BrN3O2S/c1-2-28-20-14-13-16(26)15-19(20)21(23(28)30)22-24(31)29(18-11-7-4-8-12-18)25(32-22)27-17-9-5-3-6-10-17/h3,5-6,9-10,13-15,18H,2,4,7-8,11-12H2,1H3/b22-21+,27-25?. The van der Waals surface area contributed by atoms with E-state index in [2.05, 4.69) is 15.9 Å². The zero-order valence-electron chi connectivity index (χ0n) is 17.9. The minimum Gasteiger partial charge on any atom is -0.308 e. The van der Waals surface area contributed by atoms with E-state index in [-0.39, 0.29) is 17.9 Å². The van der Waals surface area contributed by atoms with Gasteiger partial charge in [0.15, 0.2) is 5.17 Å². The SMILES string of the molecule is CCN1C(=O)/C(=C2/SC(=Nc3ccccc3)N(C3CCCCC3)C2=O)c2cc(Br)ccc21. The van der Waals surface area contributed by atoms with Crippen LogP contribution in [0.2, 0.25) is 0 Å². The normalized spacial score (nSPS) is 22.9. The summed E-state index contributed by atoms with van der Waals surface area (Å²) < 4.78 is 0.887. The molecule has 5 rings (SSSR count). The summed E-state index contributed by atoms with van der Waals surface area (Å²) in [6, 6.07) is 15.7.